The quantitative estimate of drug-likeness (QED) is 0.580. The summed E-state index contributed by atoms with van der Waals surface area (Å²) in [4.78, 5) is 22.7. The zero-order valence-corrected chi connectivity index (χ0v) is 11.9. The summed E-state index contributed by atoms with van der Waals surface area (Å²) in [7, 11) is 0. The molecule has 1 N–H and O–H groups in total. The molecular formula is C17H12N2O4. The van der Waals surface area contributed by atoms with E-state index in [-0.39, 0.29) is 17.2 Å². The van der Waals surface area contributed by atoms with Crippen LogP contribution in [0, 0.1) is 10.1 Å². The molecule has 6 nitrogen and oxygen atoms in total. The zero-order valence-electron chi connectivity index (χ0n) is 11.9. The Labute approximate surface area is 131 Å². The lowest BCUT2D eigenvalue weighted by atomic mass is 10.1. The Morgan fingerprint density at radius 1 is 0.957 bits per heavy atom. The van der Waals surface area contributed by atoms with Gasteiger partial charge in [0.15, 0.2) is 5.76 Å². The molecule has 0 aliphatic carbocycles. The van der Waals surface area contributed by atoms with Gasteiger partial charge in [0.1, 0.15) is 5.76 Å². The van der Waals surface area contributed by atoms with Crippen molar-refractivity contribution in [2.24, 2.45) is 0 Å². The van der Waals surface area contributed by atoms with E-state index in [2.05, 4.69) is 5.32 Å². The molecule has 6 heteroatoms. The molecule has 1 heterocycles. The van der Waals surface area contributed by atoms with Crippen LogP contribution in [0.3, 0.4) is 0 Å². The maximum Gasteiger partial charge on any atom is 0.291 e. The van der Waals surface area contributed by atoms with Crippen LogP contribution in [0.4, 0.5) is 11.4 Å². The summed E-state index contributed by atoms with van der Waals surface area (Å²) in [6.07, 6.45) is 0. The van der Waals surface area contributed by atoms with Crippen LogP contribution >= 0.6 is 0 Å². The second kappa shape index (κ2) is 6.15. The lowest BCUT2D eigenvalue weighted by Crippen LogP contribution is -2.10. The molecule has 0 atom stereocenters. The molecule has 3 rings (SSSR count). The fraction of sp³-hybridized carbons (Fsp3) is 0. The molecule has 1 aromatic heterocycles. The molecule has 0 saturated heterocycles. The van der Waals surface area contributed by atoms with E-state index in [1.165, 1.54) is 12.1 Å². The average Bonchev–Trinajstić information content (AvgIpc) is 3.06. The molecule has 23 heavy (non-hydrogen) atoms. The van der Waals surface area contributed by atoms with Crippen LogP contribution in [0.5, 0.6) is 0 Å². The third-order valence-electron chi connectivity index (χ3n) is 3.23. The molecule has 0 radical (unpaired) electrons. The Balaban J connectivity index is 1.86. The zero-order chi connectivity index (χ0) is 16.2. The van der Waals surface area contributed by atoms with E-state index in [1.807, 2.05) is 6.07 Å². The van der Waals surface area contributed by atoms with Crippen molar-refractivity contribution in [3.63, 3.8) is 0 Å². The Morgan fingerprint density at radius 3 is 2.39 bits per heavy atom. The normalized spacial score (nSPS) is 10.3. The van der Waals surface area contributed by atoms with Crippen LogP contribution in [-0.4, -0.2) is 10.8 Å². The van der Waals surface area contributed by atoms with Gasteiger partial charge in [-0.2, -0.15) is 0 Å². The van der Waals surface area contributed by atoms with Gasteiger partial charge in [-0.05, 0) is 30.3 Å². The minimum Gasteiger partial charge on any atom is -0.451 e. The fourth-order valence-corrected chi connectivity index (χ4v) is 2.16. The van der Waals surface area contributed by atoms with Crippen LogP contribution in [0.2, 0.25) is 0 Å². The number of amides is 1. The van der Waals surface area contributed by atoms with E-state index < -0.39 is 10.8 Å². The van der Waals surface area contributed by atoms with Gasteiger partial charge in [-0.15, -0.1) is 0 Å². The van der Waals surface area contributed by atoms with Crippen molar-refractivity contribution < 1.29 is 14.1 Å². The van der Waals surface area contributed by atoms with Gasteiger partial charge in [-0.3, -0.25) is 14.9 Å². The second-order valence-electron chi connectivity index (χ2n) is 4.76. The molecule has 0 aliphatic heterocycles. The number of rotatable bonds is 4. The summed E-state index contributed by atoms with van der Waals surface area (Å²) in [6, 6.07) is 18.2. The summed E-state index contributed by atoms with van der Waals surface area (Å²) >= 11 is 0. The van der Waals surface area contributed by atoms with E-state index in [9.17, 15) is 14.9 Å². The van der Waals surface area contributed by atoms with Crippen LogP contribution in [0.25, 0.3) is 11.3 Å². The molecular weight excluding hydrogens is 296 g/mol. The minimum atomic E-state index is -0.485. The van der Waals surface area contributed by atoms with Crippen molar-refractivity contribution in [2.75, 3.05) is 5.32 Å². The smallest absolute Gasteiger partial charge is 0.291 e. The number of nitro benzene ring substituents is 1. The Morgan fingerprint density at radius 2 is 1.65 bits per heavy atom. The lowest BCUT2D eigenvalue weighted by molar-refractivity contribution is -0.384. The second-order valence-corrected chi connectivity index (χ2v) is 4.76. The van der Waals surface area contributed by atoms with Crippen LogP contribution in [-0.2, 0) is 0 Å². The number of anilines is 1. The highest BCUT2D eigenvalue weighted by atomic mass is 16.6. The van der Waals surface area contributed by atoms with Crippen molar-refractivity contribution in [1.82, 2.24) is 0 Å². The highest BCUT2D eigenvalue weighted by molar-refractivity contribution is 6.02. The lowest BCUT2D eigenvalue weighted by Gasteiger charge is -2.02. The number of furan rings is 1. The molecule has 0 fully saturated rings. The van der Waals surface area contributed by atoms with Crippen molar-refractivity contribution in [3.05, 3.63) is 82.6 Å². The summed E-state index contributed by atoms with van der Waals surface area (Å²) < 4.78 is 5.48. The molecule has 1 amide bonds. The van der Waals surface area contributed by atoms with Gasteiger partial charge in [0.25, 0.3) is 11.6 Å². The number of para-hydroxylation sites is 2. The summed E-state index contributed by atoms with van der Waals surface area (Å²) in [5.74, 6) is -0.0569. The van der Waals surface area contributed by atoms with Crippen molar-refractivity contribution >= 4 is 17.3 Å². The van der Waals surface area contributed by atoms with Gasteiger partial charge in [-0.1, -0.05) is 30.3 Å². The largest absolute Gasteiger partial charge is 0.451 e. The molecule has 2 aromatic carbocycles. The van der Waals surface area contributed by atoms with E-state index in [0.717, 1.165) is 0 Å². The number of carbonyl (C=O) groups excluding carboxylic acids is 1. The summed E-state index contributed by atoms with van der Waals surface area (Å²) in [5, 5.41) is 13.8. The van der Waals surface area contributed by atoms with Gasteiger partial charge in [0, 0.05) is 11.8 Å². The molecule has 114 valence electrons. The van der Waals surface area contributed by atoms with Gasteiger partial charge in [-0.25, -0.2) is 0 Å². The highest BCUT2D eigenvalue weighted by Gasteiger charge is 2.19. The standard InChI is InChI=1S/C17H12N2O4/c20-17(18-12-6-2-1-3-7-12)16-11-10-15(23-16)13-8-4-5-9-14(13)19(21)22/h1-11H,(H,18,20). The number of hydrogen-bond donors (Lipinski definition) is 1. The minimum absolute atomic E-state index is 0.0723. The van der Waals surface area contributed by atoms with Gasteiger partial charge in [0.2, 0.25) is 0 Å². The first kappa shape index (κ1) is 14.5. The molecule has 0 saturated carbocycles. The predicted molar refractivity (Wildman–Crippen MR) is 85.2 cm³/mol. The maximum atomic E-state index is 12.1. The SMILES string of the molecule is O=C(Nc1ccccc1)c1ccc(-c2ccccc2[N+](=O)[O-])o1. The molecule has 3 aromatic rings. The van der Waals surface area contributed by atoms with Crippen LogP contribution in [0.1, 0.15) is 10.6 Å². The molecule has 0 aliphatic rings. The van der Waals surface area contributed by atoms with Gasteiger partial charge >= 0.3 is 0 Å². The Bertz CT molecular complexity index is 856. The van der Waals surface area contributed by atoms with Crippen molar-refractivity contribution in [2.45, 2.75) is 0 Å². The number of nitrogens with one attached hydrogen (secondary N) is 1. The van der Waals surface area contributed by atoms with Gasteiger partial charge in [0.05, 0.1) is 10.5 Å². The first-order valence-electron chi connectivity index (χ1n) is 6.85. The molecule has 0 bridgehead atoms. The van der Waals surface area contributed by atoms with E-state index in [1.54, 1.807) is 48.5 Å². The summed E-state index contributed by atoms with van der Waals surface area (Å²) in [6.45, 7) is 0. The van der Waals surface area contributed by atoms with Crippen molar-refractivity contribution in [3.8, 4) is 11.3 Å². The predicted octanol–water partition coefficient (Wildman–Crippen LogP) is 4.11. The number of benzene rings is 2. The van der Waals surface area contributed by atoms with E-state index >= 15 is 0 Å². The first-order chi connectivity index (χ1) is 11.1. The average molecular weight is 308 g/mol. The molecule has 0 unspecified atom stereocenters. The Hall–Kier alpha value is -3.41. The number of nitrogens with zero attached hydrogens (tertiary/aromatic N) is 1. The number of hydrogen-bond acceptors (Lipinski definition) is 4. The van der Waals surface area contributed by atoms with Gasteiger partial charge < -0.3 is 9.73 Å². The summed E-state index contributed by atoms with van der Waals surface area (Å²) in [5.41, 5.74) is 0.897. The third-order valence-corrected chi connectivity index (χ3v) is 3.23. The van der Waals surface area contributed by atoms with Crippen molar-refractivity contribution in [1.29, 1.82) is 0 Å². The number of nitro groups is 1. The Kier molecular flexibility index (Phi) is 3.88. The maximum absolute atomic E-state index is 12.1. The van der Waals surface area contributed by atoms with E-state index in [0.29, 0.717) is 11.3 Å². The van der Waals surface area contributed by atoms with Crippen LogP contribution < -0.4 is 5.32 Å². The fourth-order valence-electron chi connectivity index (χ4n) is 2.16. The highest BCUT2D eigenvalue weighted by Crippen LogP contribution is 2.30. The van der Waals surface area contributed by atoms with Crippen LogP contribution in [0.15, 0.2) is 71.1 Å². The topological polar surface area (TPSA) is 85.4 Å². The first-order valence-corrected chi connectivity index (χ1v) is 6.85. The monoisotopic (exact) mass is 308 g/mol. The molecule has 0 spiro atoms. The third kappa shape index (κ3) is 3.11. The van der Waals surface area contributed by atoms with E-state index in [4.69, 9.17) is 4.42 Å². The number of carbonyl (C=O) groups is 1.